The zero-order valence-electron chi connectivity index (χ0n) is 9.25. The second kappa shape index (κ2) is 5.35. The van der Waals surface area contributed by atoms with Crippen molar-refractivity contribution in [3.05, 3.63) is 0 Å². The minimum absolute atomic E-state index is 0.0606. The van der Waals surface area contributed by atoms with Crippen LogP contribution in [0, 0.1) is 5.92 Å². The highest BCUT2D eigenvalue weighted by Crippen LogP contribution is 2.16. The lowest BCUT2D eigenvalue weighted by molar-refractivity contribution is -0.124. The number of nitrogens with two attached hydrogens (primary N) is 1. The Morgan fingerprint density at radius 1 is 1.29 bits per heavy atom. The highest BCUT2D eigenvalue weighted by molar-refractivity contribution is 5.78. The molecule has 82 valence electrons. The molecule has 0 heterocycles. The Morgan fingerprint density at radius 3 is 2.57 bits per heavy atom. The zero-order valence-corrected chi connectivity index (χ0v) is 9.25. The van der Waals surface area contributed by atoms with Crippen LogP contribution in [-0.4, -0.2) is 18.0 Å². The summed E-state index contributed by atoms with van der Waals surface area (Å²) in [6, 6.07) is 0.354. The highest BCUT2D eigenvalue weighted by atomic mass is 16.1. The van der Waals surface area contributed by atoms with Gasteiger partial charge in [0.2, 0.25) is 5.91 Å². The van der Waals surface area contributed by atoms with Gasteiger partial charge >= 0.3 is 0 Å². The van der Waals surface area contributed by atoms with E-state index in [1.54, 1.807) is 0 Å². The highest BCUT2D eigenvalue weighted by Gasteiger charge is 2.22. The molecule has 2 unspecified atom stereocenters. The van der Waals surface area contributed by atoms with Crippen molar-refractivity contribution in [2.45, 2.75) is 58.0 Å². The Kier molecular flexibility index (Phi) is 4.39. The molecule has 1 aliphatic rings. The molecule has 0 aliphatic heterocycles. The Bertz CT molecular complexity index is 192. The van der Waals surface area contributed by atoms with Crippen LogP contribution in [-0.2, 0) is 4.79 Å². The maximum absolute atomic E-state index is 11.5. The molecule has 0 aromatic rings. The van der Waals surface area contributed by atoms with E-state index in [0.717, 1.165) is 12.8 Å². The van der Waals surface area contributed by atoms with E-state index in [2.05, 4.69) is 5.32 Å². The second-order valence-corrected chi connectivity index (χ2v) is 4.57. The number of hydrogen-bond donors (Lipinski definition) is 2. The lowest BCUT2D eigenvalue weighted by atomic mass is 10.0. The van der Waals surface area contributed by atoms with E-state index in [4.69, 9.17) is 5.73 Å². The summed E-state index contributed by atoms with van der Waals surface area (Å²) in [4.78, 5) is 11.5. The molecule has 1 aliphatic carbocycles. The smallest absolute Gasteiger partial charge is 0.222 e. The number of hydrogen-bond acceptors (Lipinski definition) is 2. The predicted molar refractivity (Wildman–Crippen MR) is 57.8 cm³/mol. The minimum atomic E-state index is 0.0606. The molecule has 1 amide bonds. The first-order valence-electron chi connectivity index (χ1n) is 5.67. The summed E-state index contributed by atoms with van der Waals surface area (Å²) in [5, 5.41) is 3.04. The lowest BCUT2D eigenvalue weighted by Crippen LogP contribution is -2.48. The van der Waals surface area contributed by atoms with Crippen molar-refractivity contribution < 1.29 is 4.79 Å². The van der Waals surface area contributed by atoms with Gasteiger partial charge in [-0.2, -0.15) is 0 Å². The first-order valence-corrected chi connectivity index (χ1v) is 5.67. The summed E-state index contributed by atoms with van der Waals surface area (Å²) in [6.07, 6.45) is 5.73. The number of carbonyl (C=O) groups excluding carboxylic acids is 1. The molecule has 0 aromatic heterocycles. The van der Waals surface area contributed by atoms with Gasteiger partial charge in [-0.1, -0.05) is 33.1 Å². The molecule has 3 N–H and O–H groups in total. The van der Waals surface area contributed by atoms with Crippen LogP contribution in [0.25, 0.3) is 0 Å². The normalized spacial score (nSPS) is 28.6. The van der Waals surface area contributed by atoms with Crippen molar-refractivity contribution in [2.24, 2.45) is 11.7 Å². The van der Waals surface area contributed by atoms with Gasteiger partial charge in [0.05, 0.1) is 0 Å². The summed E-state index contributed by atoms with van der Waals surface area (Å²) in [5.74, 6) is 0.192. The van der Waals surface area contributed by atoms with Crippen LogP contribution in [0.3, 0.4) is 0 Å². The van der Waals surface area contributed by atoms with Crippen molar-refractivity contribution in [3.63, 3.8) is 0 Å². The van der Waals surface area contributed by atoms with E-state index >= 15 is 0 Å². The first kappa shape index (κ1) is 11.5. The molecule has 0 spiro atoms. The quantitative estimate of drug-likeness (QED) is 0.659. The maximum atomic E-state index is 11.5. The topological polar surface area (TPSA) is 55.1 Å². The van der Waals surface area contributed by atoms with Crippen molar-refractivity contribution in [3.8, 4) is 0 Å². The predicted octanol–water partition coefficient (Wildman–Crippen LogP) is 1.42. The average Bonchev–Trinajstić information content (AvgIpc) is 2.32. The molecule has 3 heteroatoms. The third-order valence-electron chi connectivity index (χ3n) is 2.92. The molecular formula is C11H22N2O. The van der Waals surface area contributed by atoms with Gasteiger partial charge in [-0.15, -0.1) is 0 Å². The fraction of sp³-hybridized carbons (Fsp3) is 0.909. The maximum Gasteiger partial charge on any atom is 0.222 e. The molecule has 1 fully saturated rings. The third kappa shape index (κ3) is 3.29. The number of amides is 1. The molecule has 14 heavy (non-hydrogen) atoms. The van der Waals surface area contributed by atoms with Crippen LogP contribution in [0.15, 0.2) is 0 Å². The van der Waals surface area contributed by atoms with Gasteiger partial charge in [-0.3, -0.25) is 4.79 Å². The molecule has 0 saturated heterocycles. The fourth-order valence-corrected chi connectivity index (χ4v) is 1.86. The number of rotatable bonds is 2. The van der Waals surface area contributed by atoms with Crippen molar-refractivity contribution in [1.29, 1.82) is 0 Å². The second-order valence-electron chi connectivity index (χ2n) is 4.57. The van der Waals surface area contributed by atoms with Crippen LogP contribution in [0.1, 0.15) is 46.0 Å². The molecule has 3 nitrogen and oxygen atoms in total. The van der Waals surface area contributed by atoms with Gasteiger partial charge in [0.15, 0.2) is 0 Å². The molecule has 1 rings (SSSR count). The van der Waals surface area contributed by atoms with Gasteiger partial charge in [-0.25, -0.2) is 0 Å². The van der Waals surface area contributed by atoms with Gasteiger partial charge in [0, 0.05) is 18.0 Å². The summed E-state index contributed by atoms with van der Waals surface area (Å²) < 4.78 is 0. The molecule has 0 bridgehead atoms. The molecule has 0 aromatic carbocycles. The monoisotopic (exact) mass is 198 g/mol. The van der Waals surface area contributed by atoms with E-state index in [1.165, 1.54) is 19.3 Å². The Balaban J connectivity index is 2.44. The van der Waals surface area contributed by atoms with Gasteiger partial charge in [-0.05, 0) is 12.8 Å². The third-order valence-corrected chi connectivity index (χ3v) is 2.92. The van der Waals surface area contributed by atoms with E-state index in [9.17, 15) is 4.79 Å². The van der Waals surface area contributed by atoms with Crippen LogP contribution >= 0.6 is 0 Å². The average molecular weight is 198 g/mol. The van der Waals surface area contributed by atoms with E-state index in [-0.39, 0.29) is 23.9 Å². The van der Waals surface area contributed by atoms with E-state index < -0.39 is 0 Å². The molecule has 1 saturated carbocycles. The zero-order chi connectivity index (χ0) is 10.6. The van der Waals surface area contributed by atoms with Crippen molar-refractivity contribution in [2.75, 3.05) is 0 Å². The van der Waals surface area contributed by atoms with E-state index in [0.29, 0.717) is 0 Å². The summed E-state index contributed by atoms with van der Waals surface area (Å²) >= 11 is 0. The Morgan fingerprint density at radius 2 is 1.93 bits per heavy atom. The van der Waals surface area contributed by atoms with Gasteiger partial charge in [0.1, 0.15) is 0 Å². The van der Waals surface area contributed by atoms with E-state index in [1.807, 2.05) is 13.8 Å². The summed E-state index contributed by atoms with van der Waals surface area (Å²) in [7, 11) is 0. The van der Waals surface area contributed by atoms with Crippen LogP contribution in [0.4, 0.5) is 0 Å². The largest absolute Gasteiger partial charge is 0.352 e. The molecule has 0 radical (unpaired) electrons. The summed E-state index contributed by atoms with van der Waals surface area (Å²) in [5.41, 5.74) is 6.01. The Labute approximate surface area is 86.4 Å². The Hall–Kier alpha value is -0.570. The minimum Gasteiger partial charge on any atom is -0.352 e. The van der Waals surface area contributed by atoms with Crippen LogP contribution in [0.5, 0.6) is 0 Å². The first-order chi connectivity index (χ1) is 6.61. The van der Waals surface area contributed by atoms with Gasteiger partial charge in [0.25, 0.3) is 0 Å². The molecule has 2 atom stereocenters. The van der Waals surface area contributed by atoms with Crippen molar-refractivity contribution in [1.82, 2.24) is 5.32 Å². The summed E-state index contributed by atoms with van der Waals surface area (Å²) in [6.45, 7) is 3.83. The number of nitrogens with one attached hydrogen (secondary N) is 1. The lowest BCUT2D eigenvalue weighted by Gasteiger charge is -2.23. The fourth-order valence-electron chi connectivity index (χ4n) is 1.86. The molecular weight excluding hydrogens is 176 g/mol. The van der Waals surface area contributed by atoms with Crippen LogP contribution in [0.2, 0.25) is 0 Å². The van der Waals surface area contributed by atoms with Gasteiger partial charge < -0.3 is 11.1 Å². The SMILES string of the molecule is CC(C)C(=O)NC1CCCCCC1N. The van der Waals surface area contributed by atoms with Crippen molar-refractivity contribution >= 4 is 5.91 Å². The standard InChI is InChI=1S/C11H22N2O/c1-8(2)11(14)13-10-7-5-3-4-6-9(10)12/h8-10H,3-7,12H2,1-2H3,(H,13,14). The van der Waals surface area contributed by atoms with Crippen LogP contribution < -0.4 is 11.1 Å². The number of carbonyl (C=O) groups is 1.